The number of amides is 2. The number of alkyl carbamates (subject to hydrolysis) is 1. The molecule has 1 aromatic rings. The maximum absolute atomic E-state index is 12.9. The van der Waals surface area contributed by atoms with Gasteiger partial charge < -0.3 is 19.7 Å². The van der Waals surface area contributed by atoms with Crippen LogP contribution in [0.3, 0.4) is 0 Å². The second kappa shape index (κ2) is 6.33. The molecule has 2 saturated heterocycles. The number of fused-ring (bicyclic) bond motifs is 1. The molecule has 2 aliphatic rings. The van der Waals surface area contributed by atoms with Gasteiger partial charge in [-0.2, -0.15) is 0 Å². The Balaban J connectivity index is 1.78. The molecule has 2 heterocycles. The highest BCUT2D eigenvalue weighted by molar-refractivity contribution is 5.86. The van der Waals surface area contributed by atoms with Gasteiger partial charge in [0.25, 0.3) is 0 Å². The van der Waals surface area contributed by atoms with Crippen LogP contribution in [0.15, 0.2) is 30.3 Å². The Morgan fingerprint density at radius 3 is 2.68 bits per heavy atom. The Bertz CT molecular complexity index is 655. The first kappa shape index (κ1) is 17.7. The van der Waals surface area contributed by atoms with E-state index in [1.165, 1.54) is 0 Å². The van der Waals surface area contributed by atoms with Gasteiger partial charge in [-0.15, -0.1) is 0 Å². The first-order valence-electron chi connectivity index (χ1n) is 8.66. The molecule has 1 N–H and O–H groups in total. The third-order valence-electron chi connectivity index (χ3n) is 4.84. The van der Waals surface area contributed by atoms with Crippen LogP contribution in [0.1, 0.15) is 39.3 Å². The van der Waals surface area contributed by atoms with Gasteiger partial charge in [0, 0.05) is 6.54 Å². The van der Waals surface area contributed by atoms with E-state index in [2.05, 4.69) is 5.32 Å². The molecule has 136 valence electrons. The van der Waals surface area contributed by atoms with E-state index in [-0.39, 0.29) is 17.9 Å². The van der Waals surface area contributed by atoms with Crippen LogP contribution in [-0.2, 0) is 14.3 Å². The van der Waals surface area contributed by atoms with E-state index in [4.69, 9.17) is 9.47 Å². The molecule has 2 amide bonds. The van der Waals surface area contributed by atoms with Crippen LogP contribution >= 0.6 is 0 Å². The van der Waals surface area contributed by atoms with E-state index in [0.29, 0.717) is 19.8 Å². The molecule has 6 nitrogen and oxygen atoms in total. The number of hydrogen-bond donors (Lipinski definition) is 1. The number of carbonyl (C=O) groups excluding carboxylic acids is 2. The van der Waals surface area contributed by atoms with Crippen LogP contribution in [0, 0.1) is 5.92 Å². The molecule has 0 bridgehead atoms. The lowest BCUT2D eigenvalue weighted by Crippen LogP contribution is -2.55. The van der Waals surface area contributed by atoms with Crippen LogP contribution in [-0.4, -0.2) is 47.8 Å². The summed E-state index contributed by atoms with van der Waals surface area (Å²) in [6, 6.07) is 9.84. The van der Waals surface area contributed by atoms with Gasteiger partial charge in [-0.1, -0.05) is 30.3 Å². The van der Waals surface area contributed by atoms with Gasteiger partial charge in [0.15, 0.2) is 0 Å². The molecule has 3 atom stereocenters. The number of hydrogen-bond acceptors (Lipinski definition) is 4. The third-order valence-corrected chi connectivity index (χ3v) is 4.84. The topological polar surface area (TPSA) is 67.9 Å². The largest absolute Gasteiger partial charge is 0.444 e. The molecule has 0 spiro atoms. The molecule has 1 aromatic carbocycles. The molecule has 3 rings (SSSR count). The first-order valence-corrected chi connectivity index (χ1v) is 8.66. The molecular formula is C19H26N2O4. The summed E-state index contributed by atoms with van der Waals surface area (Å²) in [5, 5.41) is 2.93. The van der Waals surface area contributed by atoms with E-state index in [0.717, 1.165) is 5.56 Å². The second-order valence-corrected chi connectivity index (χ2v) is 7.90. The van der Waals surface area contributed by atoms with Gasteiger partial charge in [-0.05, 0) is 33.3 Å². The van der Waals surface area contributed by atoms with E-state index in [1.54, 1.807) is 0 Å². The summed E-state index contributed by atoms with van der Waals surface area (Å²) >= 11 is 0. The number of nitrogens with zero attached hydrogens (tertiary/aromatic N) is 1. The fraction of sp³-hybridized carbons (Fsp3) is 0.579. The summed E-state index contributed by atoms with van der Waals surface area (Å²) in [7, 11) is 0. The molecule has 0 saturated carbocycles. The van der Waals surface area contributed by atoms with Gasteiger partial charge >= 0.3 is 6.09 Å². The van der Waals surface area contributed by atoms with Crippen LogP contribution in [0.4, 0.5) is 4.79 Å². The Morgan fingerprint density at radius 1 is 1.36 bits per heavy atom. The van der Waals surface area contributed by atoms with Crippen molar-refractivity contribution >= 4 is 12.0 Å². The average Bonchev–Trinajstić information content (AvgIpc) is 3.03. The number of likely N-dealkylation sites (tertiary alicyclic amines) is 1. The predicted octanol–water partition coefficient (Wildman–Crippen LogP) is 2.50. The highest BCUT2D eigenvalue weighted by Crippen LogP contribution is 2.39. The van der Waals surface area contributed by atoms with Gasteiger partial charge in [0.2, 0.25) is 5.91 Å². The summed E-state index contributed by atoms with van der Waals surface area (Å²) in [6.07, 6.45) is -0.509. The minimum absolute atomic E-state index is 0.0184. The fourth-order valence-corrected chi connectivity index (χ4v) is 3.57. The Kier molecular flexibility index (Phi) is 4.49. The van der Waals surface area contributed by atoms with Crippen LogP contribution in [0.2, 0.25) is 0 Å². The van der Waals surface area contributed by atoms with Crippen LogP contribution < -0.4 is 5.32 Å². The Hall–Kier alpha value is -2.08. The normalized spacial score (nSPS) is 27.1. The van der Waals surface area contributed by atoms with Gasteiger partial charge in [0.1, 0.15) is 5.60 Å². The summed E-state index contributed by atoms with van der Waals surface area (Å²) in [5.41, 5.74) is -0.234. The molecule has 6 heteroatoms. The summed E-state index contributed by atoms with van der Waals surface area (Å²) in [4.78, 5) is 27.0. The maximum atomic E-state index is 12.9. The zero-order valence-corrected chi connectivity index (χ0v) is 15.2. The van der Waals surface area contributed by atoms with Crippen molar-refractivity contribution in [2.45, 2.75) is 44.9 Å². The standard InChI is InChI=1S/C19H26N2O4/c1-13(14-8-6-5-7-9-14)21-11-19(12-24-10-15(19)16(21)22)20-17(23)25-18(2,3)4/h5-9,13,15H,10-12H2,1-4H3,(H,20,23)/t13-,15?,19+/m1/s1. The average molecular weight is 346 g/mol. The van der Waals surface area contributed by atoms with Crippen molar-refractivity contribution in [3.63, 3.8) is 0 Å². The number of benzene rings is 1. The summed E-state index contributed by atoms with van der Waals surface area (Å²) < 4.78 is 10.9. The molecule has 0 aliphatic carbocycles. The molecular weight excluding hydrogens is 320 g/mol. The highest BCUT2D eigenvalue weighted by Gasteiger charge is 2.58. The lowest BCUT2D eigenvalue weighted by atomic mass is 9.90. The molecule has 1 unspecified atom stereocenters. The summed E-state index contributed by atoms with van der Waals surface area (Å²) in [5.74, 6) is -0.351. The van der Waals surface area contributed by atoms with Crippen molar-refractivity contribution in [2.24, 2.45) is 5.92 Å². The van der Waals surface area contributed by atoms with Gasteiger partial charge in [-0.25, -0.2) is 4.79 Å². The number of rotatable bonds is 3. The lowest BCUT2D eigenvalue weighted by molar-refractivity contribution is -0.133. The van der Waals surface area contributed by atoms with Crippen molar-refractivity contribution < 1.29 is 19.1 Å². The molecule has 2 fully saturated rings. The van der Waals surface area contributed by atoms with E-state index in [9.17, 15) is 9.59 Å². The maximum Gasteiger partial charge on any atom is 0.408 e. The van der Waals surface area contributed by atoms with E-state index in [1.807, 2.05) is 62.9 Å². The number of ether oxygens (including phenoxy) is 2. The van der Waals surface area contributed by atoms with E-state index >= 15 is 0 Å². The molecule has 0 aromatic heterocycles. The minimum Gasteiger partial charge on any atom is -0.444 e. The number of nitrogens with one attached hydrogen (secondary N) is 1. The summed E-state index contributed by atoms with van der Waals surface area (Å²) in [6.45, 7) is 8.53. The Labute approximate surface area is 148 Å². The van der Waals surface area contributed by atoms with Gasteiger partial charge in [-0.3, -0.25) is 4.79 Å². The lowest BCUT2D eigenvalue weighted by Gasteiger charge is -2.31. The quantitative estimate of drug-likeness (QED) is 0.913. The minimum atomic E-state index is -0.720. The predicted molar refractivity (Wildman–Crippen MR) is 93.0 cm³/mol. The second-order valence-electron chi connectivity index (χ2n) is 7.90. The zero-order chi connectivity index (χ0) is 18.2. The molecule has 25 heavy (non-hydrogen) atoms. The van der Waals surface area contributed by atoms with Crippen molar-refractivity contribution in [3.05, 3.63) is 35.9 Å². The monoisotopic (exact) mass is 346 g/mol. The molecule has 2 aliphatic heterocycles. The van der Waals surface area contributed by atoms with Crippen molar-refractivity contribution in [3.8, 4) is 0 Å². The van der Waals surface area contributed by atoms with Crippen molar-refractivity contribution in [1.29, 1.82) is 0 Å². The third kappa shape index (κ3) is 3.49. The zero-order valence-electron chi connectivity index (χ0n) is 15.2. The van der Waals surface area contributed by atoms with Crippen LogP contribution in [0.25, 0.3) is 0 Å². The van der Waals surface area contributed by atoms with E-state index < -0.39 is 17.2 Å². The highest BCUT2D eigenvalue weighted by atomic mass is 16.6. The Morgan fingerprint density at radius 2 is 2.04 bits per heavy atom. The SMILES string of the molecule is C[C@H](c1ccccc1)N1C[C@]2(NC(=O)OC(C)(C)C)COCC2C1=O. The first-order chi connectivity index (χ1) is 11.7. The van der Waals surface area contributed by atoms with Crippen molar-refractivity contribution in [2.75, 3.05) is 19.8 Å². The van der Waals surface area contributed by atoms with Crippen molar-refractivity contribution in [1.82, 2.24) is 10.2 Å². The van der Waals surface area contributed by atoms with Gasteiger partial charge in [0.05, 0.1) is 30.7 Å². The molecule has 0 radical (unpaired) electrons. The fourth-order valence-electron chi connectivity index (χ4n) is 3.57. The van der Waals surface area contributed by atoms with Crippen LogP contribution in [0.5, 0.6) is 0 Å². The number of carbonyl (C=O) groups is 2. The smallest absolute Gasteiger partial charge is 0.408 e.